The molecule has 1 heterocycles. The third-order valence-electron chi connectivity index (χ3n) is 3.05. The molecule has 0 aliphatic heterocycles. The minimum atomic E-state index is -1.15. The highest BCUT2D eigenvalue weighted by molar-refractivity contribution is 9.10. The van der Waals surface area contributed by atoms with Crippen molar-refractivity contribution in [1.29, 1.82) is 0 Å². The van der Waals surface area contributed by atoms with E-state index >= 15 is 0 Å². The summed E-state index contributed by atoms with van der Waals surface area (Å²) in [6.07, 6.45) is 0. The zero-order chi connectivity index (χ0) is 15.6. The number of nitrogens with zero attached hydrogens (tertiary/aromatic N) is 1. The number of carboxylic acid groups (broad SMARTS) is 1. The summed E-state index contributed by atoms with van der Waals surface area (Å²) >= 11 is 3.23. The fourth-order valence-electron chi connectivity index (χ4n) is 1.77. The lowest BCUT2D eigenvalue weighted by molar-refractivity contribution is 0.0692. The molecule has 2 aromatic rings. The summed E-state index contributed by atoms with van der Waals surface area (Å²) in [4.78, 5) is 27.7. The Labute approximate surface area is 130 Å². The summed E-state index contributed by atoms with van der Waals surface area (Å²) in [5, 5.41) is 11.8. The SMILES string of the molecule is Cc1ccc(NC(=O)c2cc(Br)ccc2C(=O)O)nc1C. The number of nitrogens with one attached hydrogen (secondary N) is 1. The Morgan fingerprint density at radius 3 is 2.48 bits per heavy atom. The Balaban J connectivity index is 2.34. The molecule has 0 spiro atoms. The number of amides is 1. The van der Waals surface area contributed by atoms with Gasteiger partial charge in [0, 0.05) is 10.2 Å². The Morgan fingerprint density at radius 2 is 1.86 bits per heavy atom. The second-order valence-corrected chi connectivity index (χ2v) is 5.46. The second-order valence-electron chi connectivity index (χ2n) is 4.55. The van der Waals surface area contributed by atoms with Crippen LogP contribution in [-0.4, -0.2) is 22.0 Å². The molecule has 0 bridgehead atoms. The fourth-order valence-corrected chi connectivity index (χ4v) is 2.14. The number of carboxylic acids is 1. The van der Waals surface area contributed by atoms with E-state index < -0.39 is 11.9 Å². The minimum absolute atomic E-state index is 0.0560. The summed E-state index contributed by atoms with van der Waals surface area (Å²) < 4.78 is 0.630. The van der Waals surface area contributed by atoms with E-state index in [2.05, 4.69) is 26.2 Å². The third-order valence-corrected chi connectivity index (χ3v) is 3.54. The summed E-state index contributed by atoms with van der Waals surface area (Å²) in [6.45, 7) is 3.76. The highest BCUT2D eigenvalue weighted by Gasteiger charge is 2.17. The van der Waals surface area contributed by atoms with E-state index in [1.807, 2.05) is 19.9 Å². The smallest absolute Gasteiger partial charge is 0.336 e. The van der Waals surface area contributed by atoms with E-state index in [9.17, 15) is 9.59 Å². The number of carbonyl (C=O) groups is 2. The van der Waals surface area contributed by atoms with Gasteiger partial charge in [0.25, 0.3) is 5.91 Å². The lowest BCUT2D eigenvalue weighted by atomic mass is 10.1. The molecule has 5 nitrogen and oxygen atoms in total. The summed E-state index contributed by atoms with van der Waals surface area (Å²) in [5.41, 5.74) is 1.85. The number of aryl methyl sites for hydroxylation is 2. The molecule has 2 rings (SSSR count). The Hall–Kier alpha value is -2.21. The van der Waals surface area contributed by atoms with E-state index in [0.717, 1.165) is 11.3 Å². The number of benzene rings is 1. The van der Waals surface area contributed by atoms with Crippen molar-refractivity contribution >= 4 is 33.6 Å². The minimum Gasteiger partial charge on any atom is -0.478 e. The second kappa shape index (κ2) is 6.05. The molecule has 2 N–H and O–H groups in total. The summed E-state index contributed by atoms with van der Waals surface area (Å²) in [7, 11) is 0. The molecule has 1 amide bonds. The number of hydrogen-bond donors (Lipinski definition) is 2. The normalized spacial score (nSPS) is 10.2. The maximum absolute atomic E-state index is 12.3. The van der Waals surface area contributed by atoms with Crippen LogP contribution in [0.25, 0.3) is 0 Å². The van der Waals surface area contributed by atoms with Gasteiger partial charge in [-0.15, -0.1) is 0 Å². The topological polar surface area (TPSA) is 79.3 Å². The van der Waals surface area contributed by atoms with Gasteiger partial charge < -0.3 is 10.4 Å². The molecule has 0 saturated heterocycles. The predicted octanol–water partition coefficient (Wildman–Crippen LogP) is 3.41. The van der Waals surface area contributed by atoms with E-state index in [-0.39, 0.29) is 11.1 Å². The van der Waals surface area contributed by atoms with Gasteiger partial charge in [-0.05, 0) is 43.7 Å². The van der Waals surface area contributed by atoms with Crippen molar-refractivity contribution in [2.75, 3.05) is 5.32 Å². The highest BCUT2D eigenvalue weighted by atomic mass is 79.9. The van der Waals surface area contributed by atoms with Gasteiger partial charge in [0.2, 0.25) is 0 Å². The molecule has 108 valence electrons. The number of aromatic carboxylic acids is 1. The van der Waals surface area contributed by atoms with E-state index in [1.54, 1.807) is 12.1 Å². The van der Waals surface area contributed by atoms with Gasteiger partial charge in [0.15, 0.2) is 0 Å². The van der Waals surface area contributed by atoms with Gasteiger partial charge in [0.1, 0.15) is 5.82 Å². The number of rotatable bonds is 3. The average Bonchev–Trinajstić information content (AvgIpc) is 2.42. The first-order valence-corrected chi connectivity index (χ1v) is 6.96. The van der Waals surface area contributed by atoms with Gasteiger partial charge in [-0.3, -0.25) is 4.79 Å². The van der Waals surface area contributed by atoms with Crippen LogP contribution in [0.3, 0.4) is 0 Å². The zero-order valence-corrected chi connectivity index (χ0v) is 13.1. The molecular weight excluding hydrogens is 336 g/mol. The first-order valence-electron chi connectivity index (χ1n) is 6.17. The average molecular weight is 349 g/mol. The van der Waals surface area contributed by atoms with E-state index in [1.165, 1.54) is 12.1 Å². The molecule has 0 radical (unpaired) electrons. The van der Waals surface area contributed by atoms with Crippen molar-refractivity contribution in [1.82, 2.24) is 4.98 Å². The van der Waals surface area contributed by atoms with Crippen LogP contribution < -0.4 is 5.32 Å². The van der Waals surface area contributed by atoms with Crippen LogP contribution in [0.4, 0.5) is 5.82 Å². The maximum Gasteiger partial charge on any atom is 0.336 e. The van der Waals surface area contributed by atoms with Crippen molar-refractivity contribution in [3.05, 3.63) is 57.2 Å². The quantitative estimate of drug-likeness (QED) is 0.890. The Kier molecular flexibility index (Phi) is 4.37. The van der Waals surface area contributed by atoms with Crippen LogP contribution in [0.1, 0.15) is 32.0 Å². The largest absolute Gasteiger partial charge is 0.478 e. The molecule has 0 atom stereocenters. The number of anilines is 1. The first-order chi connectivity index (χ1) is 9.88. The summed E-state index contributed by atoms with van der Waals surface area (Å²) in [6, 6.07) is 7.96. The molecule has 0 fully saturated rings. The predicted molar refractivity (Wildman–Crippen MR) is 82.8 cm³/mol. The molecule has 1 aromatic heterocycles. The fraction of sp³-hybridized carbons (Fsp3) is 0.133. The number of hydrogen-bond acceptors (Lipinski definition) is 3. The monoisotopic (exact) mass is 348 g/mol. The lowest BCUT2D eigenvalue weighted by Crippen LogP contribution is -2.17. The Morgan fingerprint density at radius 1 is 1.14 bits per heavy atom. The van der Waals surface area contributed by atoms with Crippen molar-refractivity contribution in [2.24, 2.45) is 0 Å². The van der Waals surface area contributed by atoms with Crippen LogP contribution in [-0.2, 0) is 0 Å². The molecule has 0 aliphatic carbocycles. The van der Waals surface area contributed by atoms with Gasteiger partial charge in [-0.25, -0.2) is 9.78 Å². The van der Waals surface area contributed by atoms with Crippen molar-refractivity contribution in [3.8, 4) is 0 Å². The molecule has 21 heavy (non-hydrogen) atoms. The number of halogens is 1. The van der Waals surface area contributed by atoms with Gasteiger partial charge in [0.05, 0.1) is 11.1 Å². The number of pyridine rings is 1. The molecular formula is C15H13BrN2O3. The van der Waals surface area contributed by atoms with Crippen molar-refractivity contribution < 1.29 is 14.7 Å². The molecule has 6 heteroatoms. The van der Waals surface area contributed by atoms with E-state index in [4.69, 9.17) is 5.11 Å². The molecule has 0 unspecified atom stereocenters. The summed E-state index contributed by atoms with van der Waals surface area (Å²) in [5.74, 6) is -1.27. The number of carbonyl (C=O) groups excluding carboxylic acids is 1. The van der Waals surface area contributed by atoms with Crippen LogP contribution in [0.15, 0.2) is 34.8 Å². The lowest BCUT2D eigenvalue weighted by Gasteiger charge is -2.09. The van der Waals surface area contributed by atoms with Crippen molar-refractivity contribution in [3.63, 3.8) is 0 Å². The van der Waals surface area contributed by atoms with Gasteiger partial charge >= 0.3 is 5.97 Å². The third kappa shape index (κ3) is 3.46. The van der Waals surface area contributed by atoms with Crippen LogP contribution in [0.2, 0.25) is 0 Å². The molecule has 0 saturated carbocycles. The van der Waals surface area contributed by atoms with Crippen LogP contribution >= 0.6 is 15.9 Å². The molecule has 0 aliphatic rings. The first kappa shape index (κ1) is 15.2. The van der Waals surface area contributed by atoms with E-state index in [0.29, 0.717) is 10.3 Å². The number of aromatic nitrogens is 1. The van der Waals surface area contributed by atoms with Crippen molar-refractivity contribution in [2.45, 2.75) is 13.8 Å². The molecule has 1 aromatic carbocycles. The van der Waals surface area contributed by atoms with Gasteiger partial charge in [-0.1, -0.05) is 22.0 Å². The maximum atomic E-state index is 12.3. The zero-order valence-electron chi connectivity index (χ0n) is 11.5. The van der Waals surface area contributed by atoms with Gasteiger partial charge in [-0.2, -0.15) is 0 Å². The van der Waals surface area contributed by atoms with Crippen LogP contribution in [0, 0.1) is 13.8 Å². The standard InChI is InChI=1S/C15H13BrN2O3/c1-8-3-6-13(17-9(8)2)18-14(19)12-7-10(16)4-5-11(12)15(20)21/h3-7H,1-2H3,(H,20,21)(H,17,18,19). The highest BCUT2D eigenvalue weighted by Crippen LogP contribution is 2.18. The Bertz CT molecular complexity index is 729. The van der Waals surface area contributed by atoms with Crippen LogP contribution in [0.5, 0.6) is 0 Å².